The molecule has 3 nitrogen and oxygen atoms in total. The lowest BCUT2D eigenvalue weighted by Crippen LogP contribution is -2.35. The van der Waals surface area contributed by atoms with Gasteiger partial charge in [-0.15, -0.1) is 12.4 Å². The molecule has 2 rings (SSSR count). The first-order valence-electron chi connectivity index (χ1n) is 5.83. The molecule has 1 saturated carbocycles. The molecule has 0 aromatic heterocycles. The lowest BCUT2D eigenvalue weighted by Gasteiger charge is -2.15. The van der Waals surface area contributed by atoms with Crippen molar-refractivity contribution in [1.82, 2.24) is 5.32 Å². The average molecular weight is 255 g/mol. The number of hydrogen-bond donors (Lipinski definition) is 2. The van der Waals surface area contributed by atoms with Crippen molar-refractivity contribution < 1.29 is 4.79 Å². The van der Waals surface area contributed by atoms with E-state index in [1.165, 1.54) is 0 Å². The van der Waals surface area contributed by atoms with Gasteiger partial charge in [0.1, 0.15) is 0 Å². The largest absolute Gasteiger partial charge is 0.355 e. The van der Waals surface area contributed by atoms with Crippen molar-refractivity contribution in [3.05, 3.63) is 35.9 Å². The van der Waals surface area contributed by atoms with Crippen molar-refractivity contribution in [2.45, 2.75) is 24.7 Å². The first-order valence-corrected chi connectivity index (χ1v) is 5.83. The SMILES string of the molecule is Cl.NCCCNC(=O)C1(c2ccccc2)CC1. The van der Waals surface area contributed by atoms with Gasteiger partial charge < -0.3 is 11.1 Å². The summed E-state index contributed by atoms with van der Waals surface area (Å²) < 4.78 is 0. The molecule has 1 amide bonds. The Hall–Kier alpha value is -1.06. The zero-order valence-corrected chi connectivity index (χ0v) is 10.6. The van der Waals surface area contributed by atoms with Crippen LogP contribution < -0.4 is 11.1 Å². The highest BCUT2D eigenvalue weighted by atomic mass is 35.5. The maximum absolute atomic E-state index is 12.1. The molecule has 1 aliphatic rings. The summed E-state index contributed by atoms with van der Waals surface area (Å²) in [5.74, 6) is 0.159. The number of nitrogens with two attached hydrogens (primary N) is 1. The molecule has 3 N–H and O–H groups in total. The summed E-state index contributed by atoms with van der Waals surface area (Å²) in [4.78, 5) is 12.1. The van der Waals surface area contributed by atoms with Gasteiger partial charge in [0.25, 0.3) is 0 Å². The molecule has 17 heavy (non-hydrogen) atoms. The molecular formula is C13H19ClN2O. The lowest BCUT2D eigenvalue weighted by molar-refractivity contribution is -0.123. The smallest absolute Gasteiger partial charge is 0.230 e. The molecule has 1 fully saturated rings. The summed E-state index contributed by atoms with van der Waals surface area (Å²) in [6.07, 6.45) is 2.77. The number of hydrogen-bond acceptors (Lipinski definition) is 2. The summed E-state index contributed by atoms with van der Waals surface area (Å²) in [5.41, 5.74) is 6.30. The molecule has 1 aromatic carbocycles. The van der Waals surface area contributed by atoms with Crippen LogP contribution in [0.1, 0.15) is 24.8 Å². The summed E-state index contributed by atoms with van der Waals surface area (Å²) in [6.45, 7) is 1.31. The van der Waals surface area contributed by atoms with Gasteiger partial charge in [0.2, 0.25) is 5.91 Å². The molecule has 0 spiro atoms. The summed E-state index contributed by atoms with van der Waals surface area (Å²) in [5, 5.41) is 2.97. The Balaban J connectivity index is 0.00000144. The minimum Gasteiger partial charge on any atom is -0.355 e. The van der Waals surface area contributed by atoms with E-state index >= 15 is 0 Å². The monoisotopic (exact) mass is 254 g/mol. The van der Waals surface area contributed by atoms with E-state index in [0.717, 1.165) is 24.8 Å². The van der Waals surface area contributed by atoms with Gasteiger partial charge >= 0.3 is 0 Å². The number of carbonyl (C=O) groups excluding carboxylic acids is 1. The Kier molecular flexibility index (Phi) is 4.97. The molecule has 0 heterocycles. The molecule has 1 aromatic rings. The van der Waals surface area contributed by atoms with Gasteiger partial charge in [-0.1, -0.05) is 30.3 Å². The Morgan fingerprint density at radius 2 is 1.94 bits per heavy atom. The summed E-state index contributed by atoms with van der Waals surface area (Å²) in [6, 6.07) is 10.0. The number of carbonyl (C=O) groups is 1. The molecule has 0 atom stereocenters. The highest BCUT2D eigenvalue weighted by Crippen LogP contribution is 2.48. The van der Waals surface area contributed by atoms with Crippen molar-refractivity contribution in [2.75, 3.05) is 13.1 Å². The highest BCUT2D eigenvalue weighted by Gasteiger charge is 2.50. The average Bonchev–Trinajstić information content (AvgIpc) is 3.12. The van der Waals surface area contributed by atoms with Gasteiger partial charge in [-0.25, -0.2) is 0 Å². The first-order chi connectivity index (χ1) is 7.79. The van der Waals surface area contributed by atoms with Crippen LogP contribution in [0.2, 0.25) is 0 Å². The van der Waals surface area contributed by atoms with Gasteiger partial charge in [-0.2, -0.15) is 0 Å². The van der Waals surface area contributed by atoms with Gasteiger partial charge in [-0.05, 0) is 31.4 Å². The van der Waals surface area contributed by atoms with Crippen LogP contribution in [0.25, 0.3) is 0 Å². The summed E-state index contributed by atoms with van der Waals surface area (Å²) in [7, 11) is 0. The number of benzene rings is 1. The van der Waals surface area contributed by atoms with E-state index in [0.29, 0.717) is 13.1 Å². The van der Waals surface area contributed by atoms with E-state index in [1.54, 1.807) is 0 Å². The van der Waals surface area contributed by atoms with E-state index in [4.69, 9.17) is 5.73 Å². The van der Waals surface area contributed by atoms with E-state index in [1.807, 2.05) is 30.3 Å². The third kappa shape index (κ3) is 2.99. The van der Waals surface area contributed by atoms with Crippen LogP contribution in [0.15, 0.2) is 30.3 Å². The maximum atomic E-state index is 12.1. The number of nitrogens with one attached hydrogen (secondary N) is 1. The zero-order chi connectivity index (χ0) is 11.4. The predicted octanol–water partition coefficient (Wildman–Crippen LogP) is 1.60. The fraction of sp³-hybridized carbons (Fsp3) is 0.462. The van der Waals surface area contributed by atoms with Crippen LogP contribution in [0, 0.1) is 0 Å². The topological polar surface area (TPSA) is 55.1 Å². The maximum Gasteiger partial charge on any atom is 0.230 e. The Morgan fingerprint density at radius 1 is 1.29 bits per heavy atom. The van der Waals surface area contributed by atoms with Crippen LogP contribution >= 0.6 is 12.4 Å². The second-order valence-electron chi connectivity index (χ2n) is 4.35. The van der Waals surface area contributed by atoms with Crippen molar-refractivity contribution in [3.8, 4) is 0 Å². The molecule has 0 bridgehead atoms. The van der Waals surface area contributed by atoms with Gasteiger partial charge in [0.05, 0.1) is 5.41 Å². The number of amides is 1. The van der Waals surface area contributed by atoms with E-state index in [-0.39, 0.29) is 23.7 Å². The van der Waals surface area contributed by atoms with Gasteiger partial charge in [0, 0.05) is 6.54 Å². The van der Waals surface area contributed by atoms with Gasteiger partial charge in [-0.3, -0.25) is 4.79 Å². The van der Waals surface area contributed by atoms with Crippen LogP contribution in [0.3, 0.4) is 0 Å². The molecule has 0 unspecified atom stereocenters. The van der Waals surface area contributed by atoms with Crippen LogP contribution in [-0.4, -0.2) is 19.0 Å². The number of halogens is 1. The lowest BCUT2D eigenvalue weighted by atomic mass is 9.95. The molecule has 94 valence electrons. The Labute approximate surface area is 108 Å². The van der Waals surface area contributed by atoms with Gasteiger partial charge in [0.15, 0.2) is 0 Å². The Morgan fingerprint density at radius 3 is 2.47 bits per heavy atom. The predicted molar refractivity (Wildman–Crippen MR) is 71.3 cm³/mol. The van der Waals surface area contributed by atoms with E-state index in [9.17, 15) is 4.79 Å². The van der Waals surface area contributed by atoms with Crippen LogP contribution in [-0.2, 0) is 10.2 Å². The third-order valence-corrected chi connectivity index (χ3v) is 3.18. The molecule has 0 saturated heterocycles. The minimum atomic E-state index is -0.240. The second kappa shape index (κ2) is 6.03. The second-order valence-corrected chi connectivity index (χ2v) is 4.35. The zero-order valence-electron chi connectivity index (χ0n) is 9.82. The first kappa shape index (κ1) is 14.0. The molecule has 1 aliphatic carbocycles. The third-order valence-electron chi connectivity index (χ3n) is 3.18. The molecule has 4 heteroatoms. The number of rotatable bonds is 5. The Bertz CT molecular complexity index is 363. The quantitative estimate of drug-likeness (QED) is 0.785. The molecule has 0 aliphatic heterocycles. The standard InChI is InChI=1S/C13H18N2O.ClH/c14-9-4-10-15-12(16)13(7-8-13)11-5-2-1-3-6-11;/h1-3,5-6H,4,7-10,14H2,(H,15,16);1H. The minimum absolute atomic E-state index is 0. The normalized spacial score (nSPS) is 15.8. The van der Waals surface area contributed by atoms with E-state index in [2.05, 4.69) is 5.32 Å². The summed E-state index contributed by atoms with van der Waals surface area (Å²) >= 11 is 0. The fourth-order valence-corrected chi connectivity index (χ4v) is 2.00. The van der Waals surface area contributed by atoms with Crippen LogP contribution in [0.4, 0.5) is 0 Å². The van der Waals surface area contributed by atoms with Crippen molar-refractivity contribution in [3.63, 3.8) is 0 Å². The molecular weight excluding hydrogens is 236 g/mol. The van der Waals surface area contributed by atoms with E-state index < -0.39 is 0 Å². The highest BCUT2D eigenvalue weighted by molar-refractivity contribution is 5.91. The van der Waals surface area contributed by atoms with Crippen molar-refractivity contribution >= 4 is 18.3 Å². The fourth-order valence-electron chi connectivity index (χ4n) is 2.00. The van der Waals surface area contributed by atoms with Crippen LogP contribution in [0.5, 0.6) is 0 Å². The van der Waals surface area contributed by atoms with Crippen molar-refractivity contribution in [1.29, 1.82) is 0 Å². The van der Waals surface area contributed by atoms with Crippen molar-refractivity contribution in [2.24, 2.45) is 5.73 Å². The molecule has 0 radical (unpaired) electrons.